The minimum Gasteiger partial charge on any atom is -0.396 e. The summed E-state index contributed by atoms with van der Waals surface area (Å²) in [5, 5.41) is 20.7. The lowest BCUT2D eigenvalue weighted by molar-refractivity contribution is -0.113. The second kappa shape index (κ2) is 8.91. The van der Waals surface area contributed by atoms with Crippen LogP contribution >= 0.6 is 11.6 Å². The van der Waals surface area contributed by atoms with E-state index in [0.29, 0.717) is 40.9 Å². The average molecular weight is 438 g/mol. The second-order valence-electron chi connectivity index (χ2n) is 7.51. The van der Waals surface area contributed by atoms with Crippen LogP contribution in [0.2, 0.25) is 5.02 Å². The monoisotopic (exact) mass is 437 g/mol. The number of halogens is 1. The molecule has 2 heterocycles. The number of allylic oxidation sites excluding steroid dienone is 1. The van der Waals surface area contributed by atoms with E-state index in [1.165, 1.54) is 0 Å². The summed E-state index contributed by atoms with van der Waals surface area (Å²) in [7, 11) is 0. The zero-order valence-electron chi connectivity index (χ0n) is 17.4. The van der Waals surface area contributed by atoms with Gasteiger partial charge in [0.2, 0.25) is 5.95 Å². The van der Waals surface area contributed by atoms with Gasteiger partial charge >= 0.3 is 0 Å². The molecule has 0 aliphatic carbocycles. The number of nitrogens with zero attached hydrogens (tertiary/aromatic N) is 3. The number of hydrogen-bond acceptors (Lipinski definition) is 5. The Morgan fingerprint density at radius 1 is 1.19 bits per heavy atom. The summed E-state index contributed by atoms with van der Waals surface area (Å²) < 4.78 is 1.73. The second-order valence-corrected chi connectivity index (χ2v) is 7.95. The maximum Gasteiger partial charge on any atom is 0.255 e. The Hall–Kier alpha value is -3.16. The summed E-state index contributed by atoms with van der Waals surface area (Å²) >= 11 is 6.10. The Morgan fingerprint density at radius 2 is 1.94 bits per heavy atom. The van der Waals surface area contributed by atoms with Crippen molar-refractivity contribution in [2.24, 2.45) is 0 Å². The molecule has 0 unspecified atom stereocenters. The number of rotatable bonds is 6. The van der Waals surface area contributed by atoms with Gasteiger partial charge in [-0.25, -0.2) is 4.68 Å². The summed E-state index contributed by atoms with van der Waals surface area (Å²) in [5.41, 5.74) is 3.88. The van der Waals surface area contributed by atoms with E-state index in [2.05, 4.69) is 20.7 Å². The fraction of sp³-hybridized carbons (Fsp3) is 0.261. The van der Waals surface area contributed by atoms with Crippen molar-refractivity contribution in [3.05, 3.63) is 81.8 Å². The SMILES string of the molecule is CC1=C(C(=O)Nc2ccccc2C)[C@H](c2ccc(Cl)cc2)n2nc(CCCO)nc2N1. The minimum atomic E-state index is -0.465. The van der Waals surface area contributed by atoms with Crippen molar-refractivity contribution in [1.82, 2.24) is 14.8 Å². The Kier molecular flexibility index (Phi) is 6.06. The summed E-state index contributed by atoms with van der Waals surface area (Å²) in [6.07, 6.45) is 1.12. The first kappa shape index (κ1) is 21.1. The number of aromatic nitrogens is 3. The molecule has 4 rings (SSSR count). The lowest BCUT2D eigenvalue weighted by Crippen LogP contribution is -2.31. The first-order chi connectivity index (χ1) is 15.0. The molecule has 3 N–H and O–H groups in total. The molecule has 1 aliphatic rings. The predicted octanol–water partition coefficient (Wildman–Crippen LogP) is 4.09. The van der Waals surface area contributed by atoms with Crippen LogP contribution in [0.3, 0.4) is 0 Å². The smallest absolute Gasteiger partial charge is 0.255 e. The van der Waals surface area contributed by atoms with Gasteiger partial charge in [0.15, 0.2) is 5.82 Å². The molecular formula is C23H24ClN5O2. The molecule has 0 radical (unpaired) electrons. The Labute approximate surface area is 185 Å². The highest BCUT2D eigenvalue weighted by Gasteiger charge is 2.34. The normalized spacial score (nSPS) is 15.4. The number of para-hydroxylation sites is 1. The van der Waals surface area contributed by atoms with Crippen LogP contribution in [0.15, 0.2) is 59.8 Å². The van der Waals surface area contributed by atoms with Gasteiger partial charge in [-0.2, -0.15) is 10.1 Å². The van der Waals surface area contributed by atoms with E-state index in [1.54, 1.807) is 16.8 Å². The van der Waals surface area contributed by atoms with Crippen LogP contribution in [0.4, 0.5) is 11.6 Å². The van der Waals surface area contributed by atoms with Gasteiger partial charge < -0.3 is 15.7 Å². The van der Waals surface area contributed by atoms with E-state index in [0.717, 1.165) is 16.8 Å². The molecule has 1 amide bonds. The van der Waals surface area contributed by atoms with Gasteiger partial charge in [-0.05, 0) is 49.6 Å². The van der Waals surface area contributed by atoms with E-state index in [1.807, 2.05) is 50.2 Å². The molecule has 0 fully saturated rings. The number of fused-ring (bicyclic) bond motifs is 1. The molecule has 7 nitrogen and oxygen atoms in total. The maximum absolute atomic E-state index is 13.4. The van der Waals surface area contributed by atoms with E-state index in [9.17, 15) is 4.79 Å². The molecule has 160 valence electrons. The van der Waals surface area contributed by atoms with Gasteiger partial charge in [0.25, 0.3) is 5.91 Å². The van der Waals surface area contributed by atoms with Gasteiger partial charge in [0.1, 0.15) is 6.04 Å². The number of carbonyl (C=O) groups is 1. The van der Waals surface area contributed by atoms with Crippen LogP contribution in [0.5, 0.6) is 0 Å². The molecule has 8 heteroatoms. The fourth-order valence-electron chi connectivity index (χ4n) is 3.69. The van der Waals surface area contributed by atoms with Crippen LogP contribution in [-0.2, 0) is 11.2 Å². The number of benzene rings is 2. The van der Waals surface area contributed by atoms with Gasteiger partial charge in [0, 0.05) is 29.4 Å². The molecule has 31 heavy (non-hydrogen) atoms. The van der Waals surface area contributed by atoms with Gasteiger partial charge in [-0.3, -0.25) is 4.79 Å². The number of nitrogens with one attached hydrogen (secondary N) is 2. The van der Waals surface area contributed by atoms with Crippen LogP contribution in [0.1, 0.15) is 36.3 Å². The quantitative estimate of drug-likeness (QED) is 0.540. The van der Waals surface area contributed by atoms with E-state index in [-0.39, 0.29) is 12.5 Å². The summed E-state index contributed by atoms with van der Waals surface area (Å²) in [6.45, 7) is 3.89. The van der Waals surface area contributed by atoms with Crippen molar-refractivity contribution in [3.8, 4) is 0 Å². The number of carbonyl (C=O) groups excluding carboxylic acids is 1. The van der Waals surface area contributed by atoms with E-state index >= 15 is 0 Å². The highest BCUT2D eigenvalue weighted by molar-refractivity contribution is 6.30. The van der Waals surface area contributed by atoms with E-state index < -0.39 is 6.04 Å². The number of anilines is 2. The highest BCUT2D eigenvalue weighted by Crippen LogP contribution is 2.36. The third-order valence-electron chi connectivity index (χ3n) is 5.28. The molecule has 0 saturated carbocycles. The summed E-state index contributed by atoms with van der Waals surface area (Å²) in [6, 6.07) is 14.6. The zero-order valence-corrected chi connectivity index (χ0v) is 18.1. The number of aryl methyl sites for hydroxylation is 2. The summed E-state index contributed by atoms with van der Waals surface area (Å²) in [4.78, 5) is 18.0. The van der Waals surface area contributed by atoms with Crippen LogP contribution in [0, 0.1) is 6.92 Å². The van der Waals surface area contributed by atoms with E-state index in [4.69, 9.17) is 16.7 Å². The topological polar surface area (TPSA) is 92.1 Å². The fourth-order valence-corrected chi connectivity index (χ4v) is 3.81. The van der Waals surface area contributed by atoms with Crippen LogP contribution < -0.4 is 10.6 Å². The number of amides is 1. The Morgan fingerprint density at radius 3 is 2.65 bits per heavy atom. The highest BCUT2D eigenvalue weighted by atomic mass is 35.5. The van der Waals surface area contributed by atoms with Crippen molar-refractivity contribution in [2.45, 2.75) is 32.7 Å². The molecule has 1 aromatic heterocycles. The third kappa shape index (κ3) is 4.33. The van der Waals surface area contributed by atoms with Crippen molar-refractivity contribution >= 4 is 29.1 Å². The summed E-state index contributed by atoms with van der Waals surface area (Å²) in [5.74, 6) is 0.971. The van der Waals surface area contributed by atoms with Gasteiger partial charge in [-0.1, -0.05) is 41.9 Å². The molecule has 0 saturated heterocycles. The molecule has 2 aromatic carbocycles. The largest absolute Gasteiger partial charge is 0.396 e. The molecule has 3 aromatic rings. The maximum atomic E-state index is 13.4. The minimum absolute atomic E-state index is 0.0687. The van der Waals surface area contributed by atoms with Gasteiger partial charge in [-0.15, -0.1) is 0 Å². The molecular weight excluding hydrogens is 414 g/mol. The number of hydrogen-bond donors (Lipinski definition) is 3. The molecule has 1 atom stereocenters. The standard InChI is InChI=1S/C23H24ClN5O2/c1-14-6-3-4-7-18(14)26-22(31)20-15(2)25-23-27-19(8-5-13-30)28-29(23)21(20)16-9-11-17(24)12-10-16/h3-4,6-7,9-12,21,30H,5,8,13H2,1-2H3,(H,26,31)(H,25,27,28)/t21-/m0/s1. The number of aliphatic hydroxyl groups is 1. The first-order valence-corrected chi connectivity index (χ1v) is 10.5. The van der Waals surface area contributed by atoms with Crippen molar-refractivity contribution in [2.75, 3.05) is 17.2 Å². The van der Waals surface area contributed by atoms with Crippen LogP contribution in [-0.4, -0.2) is 32.4 Å². The molecule has 1 aliphatic heterocycles. The van der Waals surface area contributed by atoms with Crippen molar-refractivity contribution in [3.63, 3.8) is 0 Å². The molecule has 0 spiro atoms. The Balaban J connectivity index is 1.76. The number of aliphatic hydroxyl groups excluding tert-OH is 1. The lowest BCUT2D eigenvalue weighted by Gasteiger charge is -2.29. The Bertz CT molecular complexity index is 1140. The van der Waals surface area contributed by atoms with Crippen LogP contribution in [0.25, 0.3) is 0 Å². The third-order valence-corrected chi connectivity index (χ3v) is 5.53. The van der Waals surface area contributed by atoms with Crippen molar-refractivity contribution in [1.29, 1.82) is 0 Å². The first-order valence-electron chi connectivity index (χ1n) is 10.1. The zero-order chi connectivity index (χ0) is 22.0. The average Bonchev–Trinajstić information content (AvgIpc) is 3.15. The molecule has 0 bridgehead atoms. The predicted molar refractivity (Wildman–Crippen MR) is 121 cm³/mol. The lowest BCUT2D eigenvalue weighted by atomic mass is 9.95. The van der Waals surface area contributed by atoms with Crippen molar-refractivity contribution < 1.29 is 9.90 Å². The van der Waals surface area contributed by atoms with Gasteiger partial charge in [0.05, 0.1) is 5.57 Å².